The van der Waals surface area contributed by atoms with Crippen LogP contribution in [0.4, 0.5) is 0 Å². The van der Waals surface area contributed by atoms with E-state index in [4.69, 9.17) is 0 Å². The van der Waals surface area contributed by atoms with Crippen molar-refractivity contribution in [3.8, 4) is 0 Å². The Labute approximate surface area is 111 Å². The third kappa shape index (κ3) is 2.47. The molecule has 0 radical (unpaired) electrons. The maximum Gasteiger partial charge on any atom is 0.0328 e. The van der Waals surface area contributed by atoms with Crippen LogP contribution in [0.5, 0.6) is 0 Å². The van der Waals surface area contributed by atoms with Crippen LogP contribution in [0, 0.1) is 5.92 Å². The van der Waals surface area contributed by atoms with Gasteiger partial charge in [-0.15, -0.1) is 0 Å². The number of hydrogen-bond donors (Lipinski definition) is 1. The highest BCUT2D eigenvalue weighted by Gasteiger charge is 2.26. The predicted molar refractivity (Wildman–Crippen MR) is 76.7 cm³/mol. The van der Waals surface area contributed by atoms with Gasteiger partial charge in [0.1, 0.15) is 0 Å². The van der Waals surface area contributed by atoms with E-state index in [0.717, 1.165) is 5.92 Å². The van der Waals surface area contributed by atoms with Gasteiger partial charge in [-0.25, -0.2) is 0 Å². The minimum atomic E-state index is 0.609. The summed E-state index contributed by atoms with van der Waals surface area (Å²) in [4.78, 5) is 0. The van der Waals surface area contributed by atoms with Crippen molar-refractivity contribution in [3.63, 3.8) is 0 Å². The van der Waals surface area contributed by atoms with Gasteiger partial charge in [-0.3, -0.25) is 0 Å². The maximum atomic E-state index is 3.90. The van der Waals surface area contributed by atoms with E-state index in [1.54, 1.807) is 11.1 Å². The summed E-state index contributed by atoms with van der Waals surface area (Å²) in [6, 6.07) is 10.3. The summed E-state index contributed by atoms with van der Waals surface area (Å²) >= 11 is 0. The van der Waals surface area contributed by atoms with Crippen LogP contribution in [-0.4, -0.2) is 6.04 Å². The molecule has 0 heterocycles. The highest BCUT2D eigenvalue weighted by Crippen LogP contribution is 2.33. The minimum absolute atomic E-state index is 0.609. The standard InChI is InChI=1S/C17H25N/c1-13(14-7-3-2-4-8-14)18-17-12-11-15-9-5-6-10-16(15)17/h5-6,9-10,13-14,17-18H,2-4,7-8,11-12H2,1H3. The second-order valence-corrected chi connectivity index (χ2v) is 6.14. The molecule has 1 N–H and O–H groups in total. The van der Waals surface area contributed by atoms with E-state index in [0.29, 0.717) is 12.1 Å². The molecule has 1 aromatic carbocycles. The van der Waals surface area contributed by atoms with Gasteiger partial charge in [0.05, 0.1) is 0 Å². The minimum Gasteiger partial charge on any atom is -0.307 e. The lowest BCUT2D eigenvalue weighted by Crippen LogP contribution is -2.36. The highest BCUT2D eigenvalue weighted by atomic mass is 15.0. The molecule has 0 saturated heterocycles. The first kappa shape index (κ1) is 12.2. The lowest BCUT2D eigenvalue weighted by molar-refractivity contribution is 0.264. The molecular formula is C17H25N. The van der Waals surface area contributed by atoms with Crippen molar-refractivity contribution < 1.29 is 0 Å². The Morgan fingerprint density at radius 3 is 2.67 bits per heavy atom. The van der Waals surface area contributed by atoms with E-state index in [2.05, 4.69) is 36.5 Å². The molecule has 0 amide bonds. The van der Waals surface area contributed by atoms with Gasteiger partial charge in [-0.2, -0.15) is 0 Å². The van der Waals surface area contributed by atoms with Crippen molar-refractivity contribution in [2.24, 2.45) is 5.92 Å². The zero-order valence-electron chi connectivity index (χ0n) is 11.5. The van der Waals surface area contributed by atoms with Gasteiger partial charge < -0.3 is 5.32 Å². The van der Waals surface area contributed by atoms with Crippen molar-refractivity contribution in [1.82, 2.24) is 5.32 Å². The zero-order chi connectivity index (χ0) is 12.4. The summed E-state index contributed by atoms with van der Waals surface area (Å²) in [5.41, 5.74) is 3.12. The molecule has 18 heavy (non-hydrogen) atoms. The summed E-state index contributed by atoms with van der Waals surface area (Å²) in [5.74, 6) is 0.909. The Morgan fingerprint density at radius 1 is 1.06 bits per heavy atom. The summed E-state index contributed by atoms with van der Waals surface area (Å²) in [5, 5.41) is 3.90. The molecule has 2 aliphatic rings. The van der Waals surface area contributed by atoms with Crippen LogP contribution in [0.15, 0.2) is 24.3 Å². The molecule has 1 aromatic rings. The molecule has 2 unspecified atom stereocenters. The van der Waals surface area contributed by atoms with Gasteiger partial charge in [0, 0.05) is 12.1 Å². The van der Waals surface area contributed by atoms with E-state index < -0.39 is 0 Å². The monoisotopic (exact) mass is 243 g/mol. The molecular weight excluding hydrogens is 218 g/mol. The van der Waals surface area contributed by atoms with Gasteiger partial charge in [-0.1, -0.05) is 43.5 Å². The fraction of sp³-hybridized carbons (Fsp3) is 0.647. The largest absolute Gasteiger partial charge is 0.307 e. The molecule has 1 fully saturated rings. The Bertz CT molecular complexity index is 392. The molecule has 98 valence electrons. The van der Waals surface area contributed by atoms with Gasteiger partial charge in [0.15, 0.2) is 0 Å². The second-order valence-electron chi connectivity index (χ2n) is 6.14. The lowest BCUT2D eigenvalue weighted by atomic mass is 9.84. The number of rotatable bonds is 3. The van der Waals surface area contributed by atoms with Crippen molar-refractivity contribution in [2.75, 3.05) is 0 Å². The molecule has 1 saturated carbocycles. The van der Waals surface area contributed by atoms with E-state index in [1.807, 2.05) is 0 Å². The van der Waals surface area contributed by atoms with Crippen molar-refractivity contribution in [2.45, 2.75) is 64.0 Å². The Kier molecular flexibility index (Phi) is 3.69. The highest BCUT2D eigenvalue weighted by molar-refractivity contribution is 5.34. The molecule has 2 aliphatic carbocycles. The van der Waals surface area contributed by atoms with Crippen molar-refractivity contribution >= 4 is 0 Å². The fourth-order valence-corrected chi connectivity index (χ4v) is 3.82. The molecule has 2 atom stereocenters. The summed E-state index contributed by atoms with van der Waals surface area (Å²) in [6.07, 6.45) is 9.75. The number of nitrogens with one attached hydrogen (secondary N) is 1. The Balaban J connectivity index is 1.63. The van der Waals surface area contributed by atoms with Gasteiger partial charge >= 0.3 is 0 Å². The van der Waals surface area contributed by atoms with Crippen LogP contribution in [0.2, 0.25) is 0 Å². The SMILES string of the molecule is CC(NC1CCc2ccccc21)C1CCCCC1. The molecule has 1 nitrogen and oxygen atoms in total. The summed E-state index contributed by atoms with van der Waals surface area (Å²) in [7, 11) is 0. The van der Waals surface area contributed by atoms with E-state index in [1.165, 1.54) is 44.9 Å². The topological polar surface area (TPSA) is 12.0 Å². The van der Waals surface area contributed by atoms with Crippen molar-refractivity contribution in [3.05, 3.63) is 35.4 Å². The third-order valence-electron chi connectivity index (χ3n) is 4.95. The molecule has 3 rings (SSSR count). The smallest absolute Gasteiger partial charge is 0.0328 e. The molecule has 0 aromatic heterocycles. The first-order chi connectivity index (χ1) is 8.84. The van der Waals surface area contributed by atoms with Gasteiger partial charge in [0.2, 0.25) is 0 Å². The van der Waals surface area contributed by atoms with E-state index >= 15 is 0 Å². The maximum absolute atomic E-state index is 3.90. The van der Waals surface area contributed by atoms with Crippen LogP contribution in [-0.2, 0) is 6.42 Å². The normalized spacial score (nSPS) is 25.9. The Morgan fingerprint density at radius 2 is 1.83 bits per heavy atom. The zero-order valence-corrected chi connectivity index (χ0v) is 11.5. The molecule has 0 aliphatic heterocycles. The number of benzene rings is 1. The predicted octanol–water partition coefficient (Wildman–Crippen LogP) is 4.23. The van der Waals surface area contributed by atoms with Crippen LogP contribution in [0.25, 0.3) is 0 Å². The van der Waals surface area contributed by atoms with Crippen LogP contribution in [0.3, 0.4) is 0 Å². The average molecular weight is 243 g/mol. The van der Waals surface area contributed by atoms with E-state index in [-0.39, 0.29) is 0 Å². The average Bonchev–Trinajstić information content (AvgIpc) is 2.83. The van der Waals surface area contributed by atoms with Crippen LogP contribution >= 0.6 is 0 Å². The van der Waals surface area contributed by atoms with E-state index in [9.17, 15) is 0 Å². The summed E-state index contributed by atoms with van der Waals surface area (Å²) in [6.45, 7) is 2.40. The molecule has 0 spiro atoms. The lowest BCUT2D eigenvalue weighted by Gasteiger charge is -2.31. The van der Waals surface area contributed by atoms with Gasteiger partial charge in [0.25, 0.3) is 0 Å². The van der Waals surface area contributed by atoms with Gasteiger partial charge in [-0.05, 0) is 49.7 Å². The first-order valence-corrected chi connectivity index (χ1v) is 7.68. The quantitative estimate of drug-likeness (QED) is 0.837. The number of fused-ring (bicyclic) bond motifs is 1. The molecule has 1 heteroatoms. The second kappa shape index (κ2) is 5.44. The Hall–Kier alpha value is -0.820. The fourth-order valence-electron chi connectivity index (χ4n) is 3.82. The number of hydrogen-bond acceptors (Lipinski definition) is 1. The van der Waals surface area contributed by atoms with Crippen LogP contribution in [0.1, 0.15) is 62.6 Å². The number of aryl methyl sites for hydroxylation is 1. The van der Waals surface area contributed by atoms with Crippen LogP contribution < -0.4 is 5.32 Å². The first-order valence-electron chi connectivity index (χ1n) is 7.68. The van der Waals surface area contributed by atoms with Crippen molar-refractivity contribution in [1.29, 1.82) is 0 Å². The summed E-state index contributed by atoms with van der Waals surface area (Å²) < 4.78 is 0. The molecule has 0 bridgehead atoms. The third-order valence-corrected chi connectivity index (χ3v) is 4.95.